The Balaban J connectivity index is 1.05. The normalized spacial score (nSPS) is 19.8. The van der Waals surface area contributed by atoms with Crippen LogP contribution in [0.15, 0.2) is 73.1 Å². The SMILES string of the molecule is CC(=O)C(N)C1CC(c2ncc(-c3ccc(-c4ccc5cc(-c6cnc(C7CCCN7C(=O)OC(C)(C)C)[nH]6)ccc5c4)cc3)[nH]2)N(C(=O)O)C1. The molecule has 2 amide bonds. The van der Waals surface area contributed by atoms with E-state index in [2.05, 4.69) is 68.5 Å². The van der Waals surface area contributed by atoms with Gasteiger partial charge in [-0.1, -0.05) is 48.5 Å². The van der Waals surface area contributed by atoms with E-state index >= 15 is 0 Å². The molecule has 264 valence electrons. The highest BCUT2D eigenvalue weighted by molar-refractivity contribution is 5.90. The average Bonchev–Trinajstić information content (AvgIpc) is 3.92. The molecule has 2 saturated heterocycles. The molecule has 0 bridgehead atoms. The molecule has 12 heteroatoms. The molecule has 7 rings (SSSR count). The maximum Gasteiger partial charge on any atom is 0.410 e. The zero-order valence-electron chi connectivity index (χ0n) is 29.2. The number of aromatic nitrogens is 4. The third kappa shape index (κ3) is 6.96. The number of H-pyrrole nitrogens is 2. The Kier molecular flexibility index (Phi) is 8.88. The molecule has 2 aliphatic rings. The maximum absolute atomic E-state index is 12.8. The van der Waals surface area contributed by atoms with Crippen molar-refractivity contribution in [1.29, 1.82) is 0 Å². The number of nitrogens with one attached hydrogen (secondary N) is 2. The molecule has 51 heavy (non-hydrogen) atoms. The summed E-state index contributed by atoms with van der Waals surface area (Å²) in [6.45, 7) is 7.90. The fourth-order valence-corrected chi connectivity index (χ4v) is 7.26. The van der Waals surface area contributed by atoms with Gasteiger partial charge in [-0.25, -0.2) is 19.6 Å². The van der Waals surface area contributed by atoms with Crippen molar-refractivity contribution >= 4 is 28.7 Å². The van der Waals surface area contributed by atoms with Crippen LogP contribution in [0.4, 0.5) is 9.59 Å². The number of likely N-dealkylation sites (tertiary alicyclic amines) is 2. The van der Waals surface area contributed by atoms with Gasteiger partial charge in [0, 0.05) is 24.6 Å². The molecule has 2 aromatic heterocycles. The predicted molar refractivity (Wildman–Crippen MR) is 194 cm³/mol. The number of nitrogens with zero attached hydrogens (tertiary/aromatic N) is 4. The van der Waals surface area contributed by atoms with E-state index in [9.17, 15) is 19.5 Å². The second kappa shape index (κ2) is 13.3. The highest BCUT2D eigenvalue weighted by Gasteiger charge is 2.41. The van der Waals surface area contributed by atoms with E-state index in [1.165, 1.54) is 11.8 Å². The van der Waals surface area contributed by atoms with Crippen molar-refractivity contribution in [3.63, 3.8) is 0 Å². The molecule has 0 aliphatic carbocycles. The van der Waals surface area contributed by atoms with Gasteiger partial charge >= 0.3 is 12.2 Å². The molecule has 5 aromatic rings. The van der Waals surface area contributed by atoms with Crippen molar-refractivity contribution in [3.05, 3.63) is 84.7 Å². The first-order chi connectivity index (χ1) is 24.3. The van der Waals surface area contributed by atoms with Crippen LogP contribution in [0, 0.1) is 5.92 Å². The van der Waals surface area contributed by atoms with E-state index in [0.29, 0.717) is 18.8 Å². The van der Waals surface area contributed by atoms with Gasteiger partial charge < -0.3 is 25.5 Å². The van der Waals surface area contributed by atoms with Crippen LogP contribution in [0.25, 0.3) is 44.4 Å². The fourth-order valence-electron chi connectivity index (χ4n) is 7.26. The number of aromatic amines is 2. The minimum absolute atomic E-state index is 0.140. The molecular formula is C39H43N7O5. The van der Waals surface area contributed by atoms with Crippen molar-refractivity contribution < 1.29 is 24.2 Å². The second-order valence-corrected chi connectivity index (χ2v) is 14.6. The highest BCUT2D eigenvalue weighted by Crippen LogP contribution is 2.37. The summed E-state index contributed by atoms with van der Waals surface area (Å²) in [5.41, 5.74) is 11.3. The van der Waals surface area contributed by atoms with Crippen LogP contribution in [-0.2, 0) is 9.53 Å². The van der Waals surface area contributed by atoms with Crippen LogP contribution in [0.3, 0.4) is 0 Å². The number of ether oxygens (including phenoxy) is 1. The first-order valence-corrected chi connectivity index (χ1v) is 17.3. The summed E-state index contributed by atoms with van der Waals surface area (Å²) in [7, 11) is 0. The van der Waals surface area contributed by atoms with Gasteiger partial charge in [0.2, 0.25) is 0 Å². The van der Waals surface area contributed by atoms with Crippen LogP contribution in [0.2, 0.25) is 0 Å². The van der Waals surface area contributed by atoms with Gasteiger partial charge in [-0.15, -0.1) is 0 Å². The van der Waals surface area contributed by atoms with Crippen LogP contribution < -0.4 is 5.73 Å². The standard InChI is InChI=1S/C39H43N7O5/c1-22(47)34(40)29-18-33(46(21-29)37(48)49)36-42-19-30(43-36)24-9-7-23(8-10-24)25-11-12-27-17-28(14-13-26(27)16-25)31-20-41-35(44-31)32-6-5-15-45(32)38(50)51-39(2,3)4/h7-14,16-17,19-20,29,32-34H,5-6,15,18,21,40H2,1-4H3,(H,41,44)(H,42,43)(H,48,49). The Morgan fingerprint density at radius 2 is 1.41 bits per heavy atom. The molecule has 2 aliphatic heterocycles. The van der Waals surface area contributed by atoms with Crippen LogP contribution in [0.1, 0.15) is 70.7 Å². The van der Waals surface area contributed by atoms with Gasteiger partial charge in [0.05, 0.1) is 41.9 Å². The number of hydrogen-bond acceptors (Lipinski definition) is 7. The van der Waals surface area contributed by atoms with Gasteiger partial charge in [0.25, 0.3) is 0 Å². The summed E-state index contributed by atoms with van der Waals surface area (Å²) in [6.07, 6.45) is 4.34. The number of carbonyl (C=O) groups excluding carboxylic acids is 2. The molecule has 4 atom stereocenters. The number of rotatable bonds is 7. The Morgan fingerprint density at radius 1 is 0.843 bits per heavy atom. The van der Waals surface area contributed by atoms with Crippen molar-refractivity contribution in [2.24, 2.45) is 11.7 Å². The number of carboxylic acid groups (broad SMARTS) is 1. The molecule has 0 saturated carbocycles. The molecule has 3 aromatic carbocycles. The molecule has 4 unspecified atom stereocenters. The number of hydrogen-bond donors (Lipinski definition) is 4. The summed E-state index contributed by atoms with van der Waals surface area (Å²) < 4.78 is 5.64. The predicted octanol–water partition coefficient (Wildman–Crippen LogP) is 7.32. The second-order valence-electron chi connectivity index (χ2n) is 14.6. The number of nitrogens with two attached hydrogens (primary N) is 1. The van der Waals surface area contributed by atoms with Crippen LogP contribution >= 0.6 is 0 Å². The number of Topliss-reactive ketones (excluding diaryl/α,β-unsaturated/α-hetero) is 1. The van der Waals surface area contributed by atoms with Crippen molar-refractivity contribution in [2.75, 3.05) is 13.1 Å². The number of fused-ring (bicyclic) bond motifs is 1. The van der Waals surface area contributed by atoms with E-state index in [-0.39, 0.29) is 30.4 Å². The van der Waals surface area contributed by atoms with E-state index in [1.807, 2.05) is 39.1 Å². The fraction of sp³-hybridized carbons (Fsp3) is 0.359. The molecule has 0 radical (unpaired) electrons. The quantitative estimate of drug-likeness (QED) is 0.138. The summed E-state index contributed by atoms with van der Waals surface area (Å²) >= 11 is 0. The summed E-state index contributed by atoms with van der Waals surface area (Å²) in [5, 5.41) is 12.0. The molecule has 5 N–H and O–H groups in total. The minimum Gasteiger partial charge on any atom is -0.465 e. The summed E-state index contributed by atoms with van der Waals surface area (Å²) in [5.74, 6) is 0.891. The van der Waals surface area contributed by atoms with Gasteiger partial charge in [-0.05, 0) is 86.6 Å². The lowest BCUT2D eigenvalue weighted by molar-refractivity contribution is -0.119. The molecule has 0 spiro atoms. The lowest BCUT2D eigenvalue weighted by atomic mass is 9.94. The van der Waals surface area contributed by atoms with E-state index in [0.717, 1.165) is 63.1 Å². The van der Waals surface area contributed by atoms with Crippen molar-refractivity contribution in [2.45, 2.75) is 70.7 Å². The number of carbonyl (C=O) groups is 3. The minimum atomic E-state index is -1.06. The highest BCUT2D eigenvalue weighted by atomic mass is 16.6. The average molecular weight is 690 g/mol. The Labute approximate surface area is 296 Å². The summed E-state index contributed by atoms with van der Waals surface area (Å²) in [6, 6.07) is 19.5. The first kappa shape index (κ1) is 34.0. The zero-order valence-corrected chi connectivity index (χ0v) is 29.2. The topological polar surface area (TPSA) is 171 Å². The Morgan fingerprint density at radius 3 is 2.04 bits per heavy atom. The molecular weight excluding hydrogens is 646 g/mol. The third-order valence-electron chi connectivity index (χ3n) is 9.94. The lowest BCUT2D eigenvalue weighted by Crippen LogP contribution is -2.39. The Hall–Kier alpha value is -5.49. The molecule has 4 heterocycles. The van der Waals surface area contributed by atoms with Crippen LogP contribution in [-0.4, -0.2) is 77.5 Å². The number of benzene rings is 3. The van der Waals surface area contributed by atoms with Crippen molar-refractivity contribution in [3.8, 4) is 33.6 Å². The largest absolute Gasteiger partial charge is 0.465 e. The van der Waals surface area contributed by atoms with E-state index in [4.69, 9.17) is 10.5 Å². The van der Waals surface area contributed by atoms with Crippen LogP contribution in [0.5, 0.6) is 0 Å². The molecule has 2 fully saturated rings. The van der Waals surface area contributed by atoms with Gasteiger partial charge in [0.15, 0.2) is 0 Å². The Bertz CT molecular complexity index is 2100. The van der Waals surface area contributed by atoms with E-state index in [1.54, 1.807) is 11.1 Å². The van der Waals surface area contributed by atoms with Gasteiger partial charge in [-0.3, -0.25) is 14.6 Å². The lowest BCUT2D eigenvalue weighted by Gasteiger charge is -2.27. The van der Waals surface area contributed by atoms with Gasteiger partial charge in [-0.2, -0.15) is 0 Å². The number of imidazole rings is 2. The van der Waals surface area contributed by atoms with E-state index < -0.39 is 23.8 Å². The first-order valence-electron chi connectivity index (χ1n) is 17.3. The molecule has 12 nitrogen and oxygen atoms in total. The maximum atomic E-state index is 12.8. The number of amides is 2. The number of ketones is 1. The van der Waals surface area contributed by atoms with Gasteiger partial charge in [0.1, 0.15) is 23.0 Å². The summed E-state index contributed by atoms with van der Waals surface area (Å²) in [4.78, 5) is 55.7. The zero-order chi connectivity index (χ0) is 36.0. The monoisotopic (exact) mass is 689 g/mol. The van der Waals surface area contributed by atoms with Crippen molar-refractivity contribution in [1.82, 2.24) is 29.7 Å². The smallest absolute Gasteiger partial charge is 0.410 e. The third-order valence-corrected chi connectivity index (χ3v) is 9.94.